The van der Waals surface area contributed by atoms with Crippen molar-refractivity contribution in [3.63, 3.8) is 0 Å². The lowest BCUT2D eigenvalue weighted by molar-refractivity contribution is 0.628. The number of rotatable bonds is 1. The van der Waals surface area contributed by atoms with Crippen molar-refractivity contribution < 1.29 is 4.39 Å². The van der Waals surface area contributed by atoms with E-state index >= 15 is 0 Å². The van der Waals surface area contributed by atoms with Crippen molar-refractivity contribution in [3.05, 3.63) is 60.5 Å². The van der Waals surface area contributed by atoms with Crippen LogP contribution in [0.25, 0.3) is 22.0 Å². The Bertz CT molecular complexity index is 705. The molecule has 1 aromatic heterocycles. The number of aromatic nitrogens is 1. The number of nitrogens with zero attached hydrogens (tertiary/aromatic N) is 1. The highest BCUT2D eigenvalue weighted by Crippen LogP contribution is 2.32. The molecule has 1 heterocycles. The molecule has 0 saturated heterocycles. The van der Waals surface area contributed by atoms with Gasteiger partial charge in [-0.15, -0.1) is 0 Å². The van der Waals surface area contributed by atoms with E-state index in [1.54, 1.807) is 18.3 Å². The summed E-state index contributed by atoms with van der Waals surface area (Å²) in [6, 6.07) is 14.1. The minimum absolute atomic E-state index is 0.254. The van der Waals surface area contributed by atoms with Crippen LogP contribution < -0.4 is 5.73 Å². The Morgan fingerprint density at radius 1 is 0.944 bits per heavy atom. The van der Waals surface area contributed by atoms with Gasteiger partial charge in [0.2, 0.25) is 0 Å². The molecule has 18 heavy (non-hydrogen) atoms. The van der Waals surface area contributed by atoms with E-state index < -0.39 is 0 Å². The highest BCUT2D eigenvalue weighted by Gasteiger charge is 2.08. The van der Waals surface area contributed by atoms with Gasteiger partial charge in [-0.25, -0.2) is 4.39 Å². The molecule has 0 aliphatic heterocycles. The second-order valence-electron chi connectivity index (χ2n) is 4.11. The molecule has 0 aliphatic carbocycles. The third kappa shape index (κ3) is 1.70. The lowest BCUT2D eigenvalue weighted by atomic mass is 10.00. The van der Waals surface area contributed by atoms with Crippen LogP contribution in [0.4, 0.5) is 10.1 Å². The lowest BCUT2D eigenvalue weighted by Gasteiger charge is -2.09. The number of nitrogens with two attached hydrogens (primary N) is 1. The Morgan fingerprint density at radius 3 is 2.44 bits per heavy atom. The van der Waals surface area contributed by atoms with Crippen LogP contribution in [0.2, 0.25) is 0 Å². The molecule has 0 saturated carbocycles. The Balaban J connectivity index is 2.33. The molecule has 3 rings (SSSR count). The van der Waals surface area contributed by atoms with Crippen molar-refractivity contribution in [1.29, 1.82) is 0 Å². The standard InChI is InChI=1S/C15H11FN2/c16-11-7-5-10(6-8-11)15-12-3-1-2-4-14(12)18-9-13(15)17/h1-9H,17H2. The fraction of sp³-hybridized carbons (Fsp3) is 0. The molecular weight excluding hydrogens is 227 g/mol. The van der Waals surface area contributed by atoms with Crippen molar-refractivity contribution >= 4 is 16.6 Å². The van der Waals surface area contributed by atoms with E-state index in [4.69, 9.17) is 5.73 Å². The van der Waals surface area contributed by atoms with E-state index in [0.29, 0.717) is 5.69 Å². The topological polar surface area (TPSA) is 38.9 Å². The summed E-state index contributed by atoms with van der Waals surface area (Å²) in [5.74, 6) is -0.254. The van der Waals surface area contributed by atoms with Gasteiger partial charge in [-0.3, -0.25) is 4.98 Å². The number of anilines is 1. The zero-order valence-electron chi connectivity index (χ0n) is 9.60. The van der Waals surface area contributed by atoms with Gasteiger partial charge in [0, 0.05) is 10.9 Å². The van der Waals surface area contributed by atoms with Crippen LogP contribution in [-0.2, 0) is 0 Å². The maximum absolute atomic E-state index is 13.0. The van der Waals surface area contributed by atoms with Gasteiger partial charge < -0.3 is 5.73 Å². The molecule has 0 radical (unpaired) electrons. The number of halogens is 1. The molecule has 2 aromatic carbocycles. The molecule has 3 aromatic rings. The zero-order valence-corrected chi connectivity index (χ0v) is 9.60. The van der Waals surface area contributed by atoms with E-state index in [1.807, 2.05) is 24.3 Å². The summed E-state index contributed by atoms with van der Waals surface area (Å²) in [5.41, 5.74) is 9.28. The summed E-state index contributed by atoms with van der Waals surface area (Å²) in [6.07, 6.45) is 1.64. The first-order valence-corrected chi connectivity index (χ1v) is 5.65. The van der Waals surface area contributed by atoms with Gasteiger partial charge in [0.1, 0.15) is 5.82 Å². The van der Waals surface area contributed by atoms with Crippen molar-refractivity contribution in [1.82, 2.24) is 4.98 Å². The number of hydrogen-bond acceptors (Lipinski definition) is 2. The number of hydrogen-bond donors (Lipinski definition) is 1. The predicted octanol–water partition coefficient (Wildman–Crippen LogP) is 3.62. The SMILES string of the molecule is Nc1cnc2ccccc2c1-c1ccc(F)cc1. The molecule has 0 spiro atoms. The van der Waals surface area contributed by atoms with Gasteiger partial charge in [0.05, 0.1) is 17.4 Å². The van der Waals surface area contributed by atoms with E-state index in [1.165, 1.54) is 12.1 Å². The first-order valence-electron chi connectivity index (χ1n) is 5.65. The van der Waals surface area contributed by atoms with Crippen molar-refractivity contribution in [3.8, 4) is 11.1 Å². The minimum atomic E-state index is -0.254. The van der Waals surface area contributed by atoms with Gasteiger partial charge in [-0.05, 0) is 23.8 Å². The number of para-hydroxylation sites is 1. The molecule has 0 atom stereocenters. The Labute approximate surface area is 104 Å². The summed E-state index contributed by atoms with van der Waals surface area (Å²) < 4.78 is 13.0. The van der Waals surface area contributed by atoms with Crippen LogP contribution in [0.3, 0.4) is 0 Å². The fourth-order valence-electron chi connectivity index (χ4n) is 2.10. The van der Waals surface area contributed by atoms with Crippen LogP contribution in [-0.4, -0.2) is 4.98 Å². The molecular formula is C15H11FN2. The van der Waals surface area contributed by atoms with Gasteiger partial charge in [-0.2, -0.15) is 0 Å². The largest absolute Gasteiger partial charge is 0.397 e. The summed E-state index contributed by atoms with van der Waals surface area (Å²) in [6.45, 7) is 0. The van der Waals surface area contributed by atoms with E-state index in [0.717, 1.165) is 22.0 Å². The molecule has 0 aliphatic rings. The molecule has 0 amide bonds. The third-order valence-corrected chi connectivity index (χ3v) is 2.94. The van der Waals surface area contributed by atoms with Crippen LogP contribution in [0.1, 0.15) is 0 Å². The normalized spacial score (nSPS) is 10.7. The zero-order chi connectivity index (χ0) is 12.5. The molecule has 3 heteroatoms. The third-order valence-electron chi connectivity index (χ3n) is 2.94. The molecule has 2 nitrogen and oxygen atoms in total. The van der Waals surface area contributed by atoms with Gasteiger partial charge >= 0.3 is 0 Å². The molecule has 2 N–H and O–H groups in total. The maximum Gasteiger partial charge on any atom is 0.123 e. The van der Waals surface area contributed by atoms with Gasteiger partial charge in [-0.1, -0.05) is 30.3 Å². The number of nitrogen functional groups attached to an aromatic ring is 1. The van der Waals surface area contributed by atoms with Crippen LogP contribution in [0, 0.1) is 5.82 Å². The highest BCUT2D eigenvalue weighted by molar-refractivity contribution is 5.99. The lowest BCUT2D eigenvalue weighted by Crippen LogP contribution is -1.93. The van der Waals surface area contributed by atoms with Gasteiger partial charge in [0.25, 0.3) is 0 Å². The number of benzene rings is 2. The second-order valence-corrected chi connectivity index (χ2v) is 4.11. The summed E-state index contributed by atoms with van der Waals surface area (Å²) >= 11 is 0. The van der Waals surface area contributed by atoms with E-state index in [-0.39, 0.29) is 5.82 Å². The van der Waals surface area contributed by atoms with Crippen LogP contribution >= 0.6 is 0 Å². The van der Waals surface area contributed by atoms with E-state index in [2.05, 4.69) is 4.98 Å². The van der Waals surface area contributed by atoms with Crippen molar-refractivity contribution in [2.45, 2.75) is 0 Å². The fourth-order valence-corrected chi connectivity index (χ4v) is 2.10. The molecule has 0 unspecified atom stereocenters. The van der Waals surface area contributed by atoms with Crippen LogP contribution in [0.15, 0.2) is 54.7 Å². The van der Waals surface area contributed by atoms with Crippen molar-refractivity contribution in [2.24, 2.45) is 0 Å². The average Bonchev–Trinajstić information content (AvgIpc) is 2.40. The number of pyridine rings is 1. The number of fused-ring (bicyclic) bond motifs is 1. The predicted molar refractivity (Wildman–Crippen MR) is 71.5 cm³/mol. The summed E-state index contributed by atoms with van der Waals surface area (Å²) in [7, 11) is 0. The minimum Gasteiger partial charge on any atom is -0.397 e. The summed E-state index contributed by atoms with van der Waals surface area (Å²) in [4.78, 5) is 4.29. The monoisotopic (exact) mass is 238 g/mol. The summed E-state index contributed by atoms with van der Waals surface area (Å²) in [5, 5.41) is 0.976. The first kappa shape index (κ1) is 10.7. The Hall–Kier alpha value is -2.42. The Kier molecular flexibility index (Phi) is 2.45. The maximum atomic E-state index is 13.0. The van der Waals surface area contributed by atoms with Crippen LogP contribution in [0.5, 0.6) is 0 Å². The molecule has 0 fully saturated rings. The highest BCUT2D eigenvalue weighted by atomic mass is 19.1. The van der Waals surface area contributed by atoms with E-state index in [9.17, 15) is 4.39 Å². The second kappa shape index (κ2) is 4.11. The van der Waals surface area contributed by atoms with Crippen molar-refractivity contribution in [2.75, 3.05) is 5.73 Å². The Morgan fingerprint density at radius 2 is 1.67 bits per heavy atom. The first-order chi connectivity index (χ1) is 8.75. The molecule has 88 valence electrons. The average molecular weight is 238 g/mol. The quantitative estimate of drug-likeness (QED) is 0.703. The molecule has 0 bridgehead atoms. The van der Waals surface area contributed by atoms with Gasteiger partial charge in [0.15, 0.2) is 0 Å². The smallest absolute Gasteiger partial charge is 0.123 e.